The van der Waals surface area contributed by atoms with Gasteiger partial charge in [0.25, 0.3) is 5.69 Å². The van der Waals surface area contributed by atoms with Gasteiger partial charge in [0.05, 0.1) is 4.92 Å². The molecule has 1 saturated heterocycles. The quantitative estimate of drug-likeness (QED) is 0.594. The van der Waals surface area contributed by atoms with E-state index in [2.05, 4.69) is 12.2 Å². The van der Waals surface area contributed by atoms with E-state index in [0.717, 1.165) is 13.1 Å². The van der Waals surface area contributed by atoms with Crippen LogP contribution in [0.3, 0.4) is 0 Å². The van der Waals surface area contributed by atoms with E-state index in [1.807, 2.05) is 12.1 Å². The highest BCUT2D eigenvalue weighted by Crippen LogP contribution is 2.28. The zero-order valence-corrected chi connectivity index (χ0v) is 8.64. The van der Waals surface area contributed by atoms with E-state index in [-0.39, 0.29) is 10.6 Å². The molecule has 4 heteroatoms. The van der Waals surface area contributed by atoms with Crippen LogP contribution in [0.1, 0.15) is 18.4 Å². The van der Waals surface area contributed by atoms with Gasteiger partial charge < -0.3 is 5.32 Å². The molecule has 0 bridgehead atoms. The van der Waals surface area contributed by atoms with Crippen LogP contribution in [0, 0.1) is 16.0 Å². The first-order valence-corrected chi connectivity index (χ1v) is 5.13. The Morgan fingerprint density at radius 2 is 2.00 bits per heavy atom. The molecule has 1 N–H and O–H groups in total. The summed E-state index contributed by atoms with van der Waals surface area (Å²) in [5.74, 6) is 1.09. The number of benzene rings is 1. The molecule has 1 aromatic rings. The monoisotopic (exact) mass is 206 g/mol. The Hall–Kier alpha value is -1.42. The molecule has 15 heavy (non-hydrogen) atoms. The lowest BCUT2D eigenvalue weighted by Crippen LogP contribution is -2.07. The maximum Gasteiger partial charge on any atom is 0.269 e. The fraction of sp³-hybridized carbons (Fsp3) is 0.455. The van der Waals surface area contributed by atoms with Crippen molar-refractivity contribution in [1.82, 2.24) is 5.32 Å². The van der Waals surface area contributed by atoms with Crippen molar-refractivity contribution in [2.45, 2.75) is 12.8 Å². The summed E-state index contributed by atoms with van der Waals surface area (Å²) in [5, 5.41) is 13.8. The molecule has 0 radical (unpaired) electrons. The van der Waals surface area contributed by atoms with Crippen molar-refractivity contribution in [3.8, 4) is 0 Å². The summed E-state index contributed by atoms with van der Waals surface area (Å²) < 4.78 is 0. The molecule has 2 atom stereocenters. The van der Waals surface area contributed by atoms with Crippen LogP contribution >= 0.6 is 0 Å². The van der Waals surface area contributed by atoms with Crippen LogP contribution in [-0.2, 0) is 0 Å². The normalized spacial score (nSPS) is 25.4. The number of hydrogen-bond donors (Lipinski definition) is 1. The van der Waals surface area contributed by atoms with E-state index in [1.54, 1.807) is 12.1 Å². The van der Waals surface area contributed by atoms with Crippen LogP contribution in [0.2, 0.25) is 0 Å². The summed E-state index contributed by atoms with van der Waals surface area (Å²) in [6, 6.07) is 6.90. The predicted molar refractivity (Wildman–Crippen MR) is 57.9 cm³/mol. The lowest BCUT2D eigenvalue weighted by Gasteiger charge is -2.13. The molecule has 0 amide bonds. The van der Waals surface area contributed by atoms with Crippen LogP contribution in [-0.4, -0.2) is 18.0 Å². The topological polar surface area (TPSA) is 55.2 Å². The first-order valence-electron chi connectivity index (χ1n) is 5.13. The standard InChI is InChI=1S/C11H14N2O2/c1-8-6-12-7-11(8)9-2-4-10(5-3-9)13(14)15/h2-5,8,11-12H,6-7H2,1H3/t8-,11+/m1/s1. The van der Waals surface area contributed by atoms with Crippen LogP contribution in [0.25, 0.3) is 0 Å². The first-order chi connectivity index (χ1) is 7.18. The molecule has 80 valence electrons. The molecule has 0 spiro atoms. The van der Waals surface area contributed by atoms with Crippen LogP contribution in [0.5, 0.6) is 0 Å². The van der Waals surface area contributed by atoms with Crippen LogP contribution < -0.4 is 5.32 Å². The minimum atomic E-state index is -0.361. The molecule has 0 saturated carbocycles. The SMILES string of the molecule is C[C@@H]1CNC[C@@H]1c1ccc([N+](=O)[O-])cc1. The highest BCUT2D eigenvalue weighted by atomic mass is 16.6. The molecular formula is C11H14N2O2. The van der Waals surface area contributed by atoms with Gasteiger partial charge in [-0.05, 0) is 18.0 Å². The Morgan fingerprint density at radius 3 is 2.47 bits per heavy atom. The van der Waals surface area contributed by atoms with E-state index in [4.69, 9.17) is 0 Å². The second-order valence-electron chi connectivity index (χ2n) is 4.09. The van der Waals surface area contributed by atoms with Crippen molar-refractivity contribution >= 4 is 5.69 Å². The van der Waals surface area contributed by atoms with Gasteiger partial charge in [-0.25, -0.2) is 0 Å². The minimum Gasteiger partial charge on any atom is -0.316 e. The fourth-order valence-electron chi connectivity index (χ4n) is 2.10. The third-order valence-corrected chi connectivity index (χ3v) is 3.05. The number of nitro groups is 1. The van der Waals surface area contributed by atoms with Crippen LogP contribution in [0.4, 0.5) is 5.69 Å². The number of nitro benzene ring substituents is 1. The lowest BCUT2D eigenvalue weighted by molar-refractivity contribution is -0.384. The Labute approximate surface area is 88.5 Å². The summed E-state index contributed by atoms with van der Waals surface area (Å²) in [6.07, 6.45) is 0. The number of nitrogens with zero attached hydrogens (tertiary/aromatic N) is 1. The average Bonchev–Trinajstić information content (AvgIpc) is 2.65. The molecule has 0 aromatic heterocycles. The maximum absolute atomic E-state index is 10.5. The van der Waals surface area contributed by atoms with E-state index >= 15 is 0 Å². The number of rotatable bonds is 2. The van der Waals surface area contributed by atoms with Gasteiger partial charge in [0, 0.05) is 24.6 Å². The maximum atomic E-state index is 10.5. The van der Waals surface area contributed by atoms with Gasteiger partial charge in [-0.3, -0.25) is 10.1 Å². The fourth-order valence-corrected chi connectivity index (χ4v) is 2.10. The highest BCUT2D eigenvalue weighted by molar-refractivity contribution is 5.35. The molecule has 4 nitrogen and oxygen atoms in total. The summed E-state index contributed by atoms with van der Waals surface area (Å²) in [7, 11) is 0. The van der Waals surface area contributed by atoms with E-state index in [9.17, 15) is 10.1 Å². The summed E-state index contributed by atoms with van der Waals surface area (Å²) in [4.78, 5) is 10.1. The van der Waals surface area contributed by atoms with E-state index in [0.29, 0.717) is 11.8 Å². The third kappa shape index (κ3) is 1.99. The van der Waals surface area contributed by atoms with Crippen molar-refractivity contribution in [2.24, 2.45) is 5.92 Å². The van der Waals surface area contributed by atoms with Gasteiger partial charge in [-0.15, -0.1) is 0 Å². The Bertz CT molecular complexity index is 361. The van der Waals surface area contributed by atoms with Gasteiger partial charge in [-0.1, -0.05) is 19.1 Å². The third-order valence-electron chi connectivity index (χ3n) is 3.05. The average molecular weight is 206 g/mol. The lowest BCUT2D eigenvalue weighted by atomic mass is 9.90. The number of nitrogens with one attached hydrogen (secondary N) is 1. The summed E-state index contributed by atoms with van der Waals surface area (Å²) >= 11 is 0. The molecule has 2 rings (SSSR count). The molecule has 1 heterocycles. The molecule has 1 aliphatic rings. The predicted octanol–water partition coefficient (Wildman–Crippen LogP) is 1.92. The summed E-state index contributed by atoms with van der Waals surface area (Å²) in [6.45, 7) is 4.20. The van der Waals surface area contributed by atoms with E-state index in [1.165, 1.54) is 5.56 Å². The first kappa shape index (κ1) is 10.1. The minimum absolute atomic E-state index is 0.164. The largest absolute Gasteiger partial charge is 0.316 e. The molecule has 0 aliphatic carbocycles. The van der Waals surface area contributed by atoms with Gasteiger partial charge in [0.15, 0.2) is 0 Å². The number of non-ortho nitro benzene ring substituents is 1. The van der Waals surface area contributed by atoms with Gasteiger partial charge in [0.1, 0.15) is 0 Å². The van der Waals surface area contributed by atoms with Crippen molar-refractivity contribution in [2.75, 3.05) is 13.1 Å². The summed E-state index contributed by atoms with van der Waals surface area (Å²) in [5.41, 5.74) is 1.36. The van der Waals surface area contributed by atoms with Gasteiger partial charge in [-0.2, -0.15) is 0 Å². The Morgan fingerprint density at radius 1 is 1.33 bits per heavy atom. The molecule has 0 unspecified atom stereocenters. The zero-order valence-electron chi connectivity index (χ0n) is 8.64. The van der Waals surface area contributed by atoms with Crippen molar-refractivity contribution in [3.63, 3.8) is 0 Å². The van der Waals surface area contributed by atoms with Gasteiger partial charge in [0.2, 0.25) is 0 Å². The Balaban J connectivity index is 2.19. The van der Waals surface area contributed by atoms with Crippen molar-refractivity contribution in [3.05, 3.63) is 39.9 Å². The smallest absolute Gasteiger partial charge is 0.269 e. The Kier molecular flexibility index (Phi) is 2.68. The molecular weight excluding hydrogens is 192 g/mol. The van der Waals surface area contributed by atoms with Gasteiger partial charge >= 0.3 is 0 Å². The van der Waals surface area contributed by atoms with Crippen molar-refractivity contribution < 1.29 is 4.92 Å². The van der Waals surface area contributed by atoms with E-state index < -0.39 is 0 Å². The number of hydrogen-bond acceptors (Lipinski definition) is 3. The van der Waals surface area contributed by atoms with Crippen molar-refractivity contribution in [1.29, 1.82) is 0 Å². The molecule has 1 aromatic carbocycles. The highest BCUT2D eigenvalue weighted by Gasteiger charge is 2.24. The zero-order chi connectivity index (χ0) is 10.8. The second-order valence-corrected chi connectivity index (χ2v) is 4.09. The molecule has 1 aliphatic heterocycles. The molecule has 1 fully saturated rings. The second kappa shape index (κ2) is 3.98. The van der Waals surface area contributed by atoms with Crippen LogP contribution in [0.15, 0.2) is 24.3 Å².